The Labute approximate surface area is 111 Å². The molecule has 1 aromatic heterocycles. The number of aryl methyl sites for hydroxylation is 2. The maximum absolute atomic E-state index is 11.2. The lowest BCUT2D eigenvalue weighted by molar-refractivity contribution is 0.111. The van der Waals surface area contributed by atoms with E-state index in [0.29, 0.717) is 24.3 Å². The van der Waals surface area contributed by atoms with Gasteiger partial charge in [-0.3, -0.25) is 9.79 Å². The first-order valence-electron chi connectivity index (χ1n) is 6.22. The van der Waals surface area contributed by atoms with Crippen molar-refractivity contribution in [3.8, 4) is 0 Å². The number of aromatic nitrogens is 2. The van der Waals surface area contributed by atoms with Crippen molar-refractivity contribution in [2.75, 3.05) is 13.6 Å². The van der Waals surface area contributed by atoms with E-state index in [0.717, 1.165) is 22.9 Å². The van der Waals surface area contributed by atoms with E-state index in [4.69, 9.17) is 5.73 Å². The standard InChI is InChI=1S/C14H18N4O/c1-9-6-11-13(7-10(9)2)18(5-4-15)14(16-3)12(8-19)17-11/h6-8H,4-5,15H2,1-3H3/b16-14+. The second kappa shape index (κ2) is 5.32. The van der Waals surface area contributed by atoms with Crippen LogP contribution in [0.2, 0.25) is 0 Å². The molecule has 0 saturated heterocycles. The van der Waals surface area contributed by atoms with Crippen LogP contribution in [0, 0.1) is 13.8 Å². The van der Waals surface area contributed by atoms with Gasteiger partial charge in [-0.05, 0) is 37.1 Å². The van der Waals surface area contributed by atoms with Gasteiger partial charge in [-0.15, -0.1) is 0 Å². The summed E-state index contributed by atoms with van der Waals surface area (Å²) in [6.07, 6.45) is 0.740. The van der Waals surface area contributed by atoms with Crippen molar-refractivity contribution in [1.29, 1.82) is 0 Å². The van der Waals surface area contributed by atoms with Crippen molar-refractivity contribution in [1.82, 2.24) is 9.55 Å². The number of nitrogens with zero attached hydrogens (tertiary/aromatic N) is 3. The average Bonchev–Trinajstić information content (AvgIpc) is 2.40. The van der Waals surface area contributed by atoms with Crippen molar-refractivity contribution in [3.05, 3.63) is 34.4 Å². The predicted octanol–water partition coefficient (Wildman–Crippen LogP) is 0.955. The maximum atomic E-state index is 11.2. The van der Waals surface area contributed by atoms with Crippen molar-refractivity contribution in [2.45, 2.75) is 20.4 Å². The molecule has 0 aliphatic heterocycles. The molecular weight excluding hydrogens is 240 g/mol. The molecule has 0 fully saturated rings. The van der Waals surface area contributed by atoms with Crippen LogP contribution in [0.15, 0.2) is 17.1 Å². The lowest BCUT2D eigenvalue weighted by atomic mass is 10.1. The van der Waals surface area contributed by atoms with Crippen molar-refractivity contribution in [3.63, 3.8) is 0 Å². The second-order valence-corrected chi connectivity index (χ2v) is 4.53. The molecule has 0 saturated carbocycles. The number of hydrogen-bond donors (Lipinski definition) is 1. The van der Waals surface area contributed by atoms with Crippen LogP contribution in [0.4, 0.5) is 0 Å². The van der Waals surface area contributed by atoms with Crippen LogP contribution >= 0.6 is 0 Å². The van der Waals surface area contributed by atoms with E-state index < -0.39 is 0 Å². The highest BCUT2D eigenvalue weighted by Crippen LogP contribution is 2.16. The van der Waals surface area contributed by atoms with Gasteiger partial charge in [0.25, 0.3) is 0 Å². The Morgan fingerprint density at radius 3 is 2.63 bits per heavy atom. The molecule has 2 N–H and O–H groups in total. The van der Waals surface area contributed by atoms with E-state index in [1.807, 2.05) is 17.6 Å². The Hall–Kier alpha value is -2.01. The van der Waals surface area contributed by atoms with E-state index in [9.17, 15) is 4.79 Å². The second-order valence-electron chi connectivity index (χ2n) is 4.53. The van der Waals surface area contributed by atoms with E-state index in [-0.39, 0.29) is 0 Å². The molecule has 0 amide bonds. The van der Waals surface area contributed by atoms with Crippen LogP contribution in [0.5, 0.6) is 0 Å². The number of rotatable bonds is 3. The minimum atomic E-state index is 0.353. The summed E-state index contributed by atoms with van der Waals surface area (Å²) in [5.74, 6) is 0. The zero-order valence-electron chi connectivity index (χ0n) is 11.5. The molecule has 0 bridgehead atoms. The van der Waals surface area contributed by atoms with Gasteiger partial charge in [-0.25, -0.2) is 4.98 Å². The summed E-state index contributed by atoms with van der Waals surface area (Å²) in [6, 6.07) is 4.06. The minimum Gasteiger partial charge on any atom is -0.329 e. The summed E-state index contributed by atoms with van der Waals surface area (Å²) < 4.78 is 1.96. The van der Waals surface area contributed by atoms with Crippen LogP contribution in [-0.2, 0) is 6.54 Å². The zero-order valence-corrected chi connectivity index (χ0v) is 11.5. The smallest absolute Gasteiger partial charge is 0.172 e. The molecule has 0 aliphatic carbocycles. The molecule has 1 heterocycles. The van der Waals surface area contributed by atoms with Gasteiger partial charge >= 0.3 is 0 Å². The van der Waals surface area contributed by atoms with Crippen LogP contribution in [-0.4, -0.2) is 29.4 Å². The molecular formula is C14H18N4O. The molecule has 5 nitrogen and oxygen atoms in total. The fourth-order valence-corrected chi connectivity index (χ4v) is 2.19. The van der Waals surface area contributed by atoms with Crippen LogP contribution in [0.3, 0.4) is 0 Å². The summed E-state index contributed by atoms with van der Waals surface area (Å²) in [5.41, 5.74) is 10.7. The zero-order chi connectivity index (χ0) is 14.0. The molecule has 0 spiro atoms. The number of carbonyl (C=O) groups is 1. The lowest BCUT2D eigenvalue weighted by Crippen LogP contribution is -2.29. The first-order chi connectivity index (χ1) is 9.12. The molecule has 19 heavy (non-hydrogen) atoms. The fraction of sp³-hybridized carbons (Fsp3) is 0.357. The lowest BCUT2D eigenvalue weighted by Gasteiger charge is -2.13. The van der Waals surface area contributed by atoms with Crippen molar-refractivity contribution in [2.24, 2.45) is 10.7 Å². The highest BCUT2D eigenvalue weighted by Gasteiger charge is 2.09. The Morgan fingerprint density at radius 1 is 1.37 bits per heavy atom. The highest BCUT2D eigenvalue weighted by molar-refractivity contribution is 5.81. The van der Waals surface area contributed by atoms with Crippen LogP contribution in [0.25, 0.3) is 11.0 Å². The van der Waals surface area contributed by atoms with Gasteiger partial charge in [-0.2, -0.15) is 0 Å². The van der Waals surface area contributed by atoms with Gasteiger partial charge in [0.05, 0.1) is 11.0 Å². The third-order valence-corrected chi connectivity index (χ3v) is 3.28. The van der Waals surface area contributed by atoms with Crippen LogP contribution in [0.1, 0.15) is 21.6 Å². The number of hydrogen-bond acceptors (Lipinski definition) is 4. The van der Waals surface area contributed by atoms with Crippen molar-refractivity contribution < 1.29 is 4.79 Å². The Balaban J connectivity index is 2.96. The molecule has 5 heteroatoms. The number of nitrogens with two attached hydrogens (primary N) is 1. The van der Waals surface area contributed by atoms with Gasteiger partial charge in [0, 0.05) is 20.1 Å². The van der Waals surface area contributed by atoms with Gasteiger partial charge in [0.15, 0.2) is 11.8 Å². The Kier molecular flexibility index (Phi) is 3.76. The average molecular weight is 258 g/mol. The van der Waals surface area contributed by atoms with E-state index in [2.05, 4.69) is 23.0 Å². The number of benzene rings is 1. The fourth-order valence-electron chi connectivity index (χ4n) is 2.19. The minimum absolute atomic E-state index is 0.353. The highest BCUT2D eigenvalue weighted by atomic mass is 16.1. The molecule has 0 radical (unpaired) electrons. The molecule has 1 aromatic carbocycles. The third-order valence-electron chi connectivity index (χ3n) is 3.28. The number of carbonyl (C=O) groups excluding carboxylic acids is 1. The number of fused-ring (bicyclic) bond motifs is 1. The summed E-state index contributed by atoms with van der Waals surface area (Å²) >= 11 is 0. The molecule has 2 aromatic rings. The summed E-state index contributed by atoms with van der Waals surface area (Å²) in [7, 11) is 1.66. The third kappa shape index (κ3) is 2.29. The Morgan fingerprint density at radius 2 is 2.05 bits per heavy atom. The largest absolute Gasteiger partial charge is 0.329 e. The SMILES string of the molecule is C/N=c1\c(C=O)nc2cc(C)c(C)cc2n1CCN. The summed E-state index contributed by atoms with van der Waals surface area (Å²) in [5, 5.41) is 0. The first kappa shape index (κ1) is 13.4. The summed E-state index contributed by atoms with van der Waals surface area (Å²) in [4.78, 5) is 19.7. The molecule has 2 rings (SSSR count). The van der Waals surface area contributed by atoms with E-state index in [1.54, 1.807) is 7.05 Å². The van der Waals surface area contributed by atoms with Gasteiger partial charge in [-0.1, -0.05) is 0 Å². The Bertz CT molecular complexity index is 701. The maximum Gasteiger partial charge on any atom is 0.172 e. The van der Waals surface area contributed by atoms with Gasteiger partial charge in [0.1, 0.15) is 5.69 Å². The summed E-state index contributed by atoms with van der Waals surface area (Å²) in [6.45, 7) is 5.17. The van der Waals surface area contributed by atoms with Crippen LogP contribution < -0.4 is 11.2 Å². The topological polar surface area (TPSA) is 73.3 Å². The molecule has 0 aliphatic rings. The predicted molar refractivity (Wildman–Crippen MR) is 75.1 cm³/mol. The van der Waals surface area contributed by atoms with E-state index in [1.165, 1.54) is 5.56 Å². The van der Waals surface area contributed by atoms with Crippen molar-refractivity contribution >= 4 is 17.3 Å². The molecule has 0 unspecified atom stereocenters. The van der Waals surface area contributed by atoms with Gasteiger partial charge < -0.3 is 10.3 Å². The first-order valence-corrected chi connectivity index (χ1v) is 6.22. The monoisotopic (exact) mass is 258 g/mol. The normalized spacial score (nSPS) is 12.1. The van der Waals surface area contributed by atoms with E-state index >= 15 is 0 Å². The number of aldehydes is 1. The quantitative estimate of drug-likeness (QED) is 0.833. The molecule has 0 atom stereocenters. The van der Waals surface area contributed by atoms with Gasteiger partial charge in [0.2, 0.25) is 0 Å². The molecule has 100 valence electrons.